The molecule has 21 N–H and O–H groups in total. The highest BCUT2D eigenvalue weighted by Crippen LogP contribution is 2.21. The Kier molecular flexibility index (Phi) is 36.1. The van der Waals surface area contributed by atoms with E-state index in [9.17, 15) is 68.1 Å². The second-order valence-electron chi connectivity index (χ2n) is 21.7. The summed E-state index contributed by atoms with van der Waals surface area (Å²) in [5, 5.41) is 52.3. The average Bonchev–Trinajstić information content (AvgIpc) is 3.40. The van der Waals surface area contributed by atoms with Crippen molar-refractivity contribution in [2.24, 2.45) is 52.3 Å². The van der Waals surface area contributed by atoms with E-state index < -0.39 is 163 Å². The molecule has 27 heteroatoms. The Hall–Kier alpha value is -5.55. The van der Waals surface area contributed by atoms with Gasteiger partial charge in [-0.15, -0.1) is 0 Å². The van der Waals surface area contributed by atoms with Crippen LogP contribution in [0.4, 0.5) is 0 Å². The summed E-state index contributed by atoms with van der Waals surface area (Å²) in [5.74, 6) is -12.4. The third-order valence-corrected chi connectivity index (χ3v) is 14.0. The van der Waals surface area contributed by atoms with Crippen LogP contribution in [-0.4, -0.2) is 180 Å². The van der Waals surface area contributed by atoms with E-state index >= 15 is 0 Å². The van der Waals surface area contributed by atoms with E-state index in [1.54, 1.807) is 13.8 Å². The summed E-state index contributed by atoms with van der Waals surface area (Å²) < 4.78 is 0. The molecule has 81 heavy (non-hydrogen) atoms. The molecule has 0 bridgehead atoms. The first-order valence-electron chi connectivity index (χ1n) is 28.8. The number of ketones is 3. The Bertz CT molecular complexity index is 2030. The van der Waals surface area contributed by atoms with Gasteiger partial charge in [0, 0.05) is 50.0 Å². The Labute approximate surface area is 476 Å². The number of carbonyl (C=O) groups excluding carboxylic acids is 11. The van der Waals surface area contributed by atoms with Crippen molar-refractivity contribution in [3.63, 3.8) is 0 Å². The van der Waals surface area contributed by atoms with E-state index in [0.717, 1.165) is 32.1 Å². The summed E-state index contributed by atoms with van der Waals surface area (Å²) in [7, 11) is 0. The SMILES string of the molecule is CCCCCCCCC(=O)C[C@@H](CCN)C(=O)N[C@H](C(=O)C[C@H](CCN)C(=O)N[C@H]1CCNC(=O)[C@H]([C@@H](C)O)NC(=O)[C@H](CCN)NC(=O)[C@H](CCN)NC(=O)[C@H]([C@@H](C)O)NC(=O)[C@@H](CC(C)C)CC(=O)[C@H](CCN)NC1=O)[C@@H](C)O. The minimum absolute atomic E-state index is 0.0566. The number of hydrogen-bond donors (Lipinski definition) is 16. The molecule has 1 aliphatic heterocycles. The highest BCUT2D eigenvalue weighted by Gasteiger charge is 2.38. The van der Waals surface area contributed by atoms with Gasteiger partial charge in [-0.3, -0.25) is 52.7 Å². The number of carbonyl (C=O) groups is 11. The van der Waals surface area contributed by atoms with Gasteiger partial charge in [-0.05, 0) is 111 Å². The number of Topliss-reactive ketones (excluding diaryl/α,β-unsaturated/α-hetero) is 3. The number of aliphatic hydroxyl groups is 3. The Morgan fingerprint density at radius 2 is 1.07 bits per heavy atom. The van der Waals surface area contributed by atoms with Crippen LogP contribution in [0.3, 0.4) is 0 Å². The van der Waals surface area contributed by atoms with E-state index in [1.807, 2.05) is 0 Å². The third-order valence-electron chi connectivity index (χ3n) is 14.0. The lowest BCUT2D eigenvalue weighted by Gasteiger charge is -2.28. The van der Waals surface area contributed by atoms with Crippen LogP contribution >= 0.6 is 0 Å². The maximum Gasteiger partial charge on any atom is 0.245 e. The van der Waals surface area contributed by atoms with Gasteiger partial charge >= 0.3 is 0 Å². The summed E-state index contributed by atoms with van der Waals surface area (Å²) >= 11 is 0. The highest BCUT2D eigenvalue weighted by molar-refractivity contribution is 5.99. The first-order valence-corrected chi connectivity index (χ1v) is 28.8. The van der Waals surface area contributed by atoms with Gasteiger partial charge in [-0.1, -0.05) is 52.9 Å². The molecule has 1 saturated heterocycles. The van der Waals surface area contributed by atoms with Crippen molar-refractivity contribution in [2.75, 3.05) is 39.3 Å². The normalized spacial score (nSPS) is 23.7. The van der Waals surface area contributed by atoms with Crippen molar-refractivity contribution in [2.45, 2.75) is 211 Å². The summed E-state index contributed by atoms with van der Waals surface area (Å²) in [6.45, 7) is 8.33. The van der Waals surface area contributed by atoms with Crippen LogP contribution in [0.15, 0.2) is 0 Å². The number of hydrogen-bond acceptors (Lipinski definition) is 19. The number of amides is 8. The van der Waals surface area contributed by atoms with E-state index in [1.165, 1.54) is 20.8 Å². The smallest absolute Gasteiger partial charge is 0.245 e. The van der Waals surface area contributed by atoms with Crippen LogP contribution in [0.1, 0.15) is 151 Å². The van der Waals surface area contributed by atoms with E-state index in [-0.39, 0.29) is 95.8 Å². The summed E-state index contributed by atoms with van der Waals surface area (Å²) in [6.07, 6.45) is -0.707. The number of nitrogens with two attached hydrogens (primary N) is 5. The number of unbranched alkanes of at least 4 members (excludes halogenated alkanes) is 5. The minimum atomic E-state index is -1.68. The van der Waals surface area contributed by atoms with Crippen LogP contribution in [0.25, 0.3) is 0 Å². The second kappa shape index (κ2) is 39.8. The van der Waals surface area contributed by atoms with E-state index in [4.69, 9.17) is 28.7 Å². The van der Waals surface area contributed by atoms with Gasteiger partial charge in [-0.25, -0.2) is 0 Å². The van der Waals surface area contributed by atoms with Gasteiger partial charge in [0.1, 0.15) is 42.0 Å². The van der Waals surface area contributed by atoms with Gasteiger partial charge in [0.15, 0.2) is 11.6 Å². The molecule has 0 aromatic rings. The Balaban J connectivity index is 3.78. The minimum Gasteiger partial charge on any atom is -0.391 e. The Morgan fingerprint density at radius 1 is 0.580 bits per heavy atom. The maximum atomic E-state index is 14.4. The molecule has 0 unspecified atom stereocenters. The molecule has 0 spiro atoms. The molecule has 1 heterocycles. The first-order chi connectivity index (χ1) is 38.3. The predicted molar refractivity (Wildman–Crippen MR) is 301 cm³/mol. The molecule has 1 fully saturated rings. The fourth-order valence-electron chi connectivity index (χ4n) is 9.38. The quantitative estimate of drug-likeness (QED) is 0.0297. The van der Waals surface area contributed by atoms with Gasteiger partial charge in [0.25, 0.3) is 0 Å². The zero-order valence-electron chi connectivity index (χ0n) is 48.6. The lowest BCUT2D eigenvalue weighted by molar-refractivity contribution is -0.138. The zero-order chi connectivity index (χ0) is 61.4. The molecule has 0 aromatic carbocycles. The number of aliphatic hydroxyl groups excluding tert-OH is 3. The van der Waals surface area contributed by atoms with Crippen LogP contribution in [0.2, 0.25) is 0 Å². The van der Waals surface area contributed by atoms with Gasteiger partial charge in [0.2, 0.25) is 47.3 Å². The molecule has 0 aromatic heterocycles. The van der Waals surface area contributed by atoms with Crippen molar-refractivity contribution >= 4 is 64.6 Å². The van der Waals surface area contributed by atoms with Crippen molar-refractivity contribution < 1.29 is 68.1 Å². The van der Waals surface area contributed by atoms with E-state index in [2.05, 4.69) is 49.5 Å². The van der Waals surface area contributed by atoms with Crippen molar-refractivity contribution in [3.05, 3.63) is 0 Å². The lowest BCUT2D eigenvalue weighted by atomic mass is 9.88. The van der Waals surface area contributed by atoms with Gasteiger partial charge < -0.3 is 86.5 Å². The van der Waals surface area contributed by atoms with Gasteiger partial charge in [-0.2, -0.15) is 0 Å². The van der Waals surface area contributed by atoms with Crippen LogP contribution < -0.4 is 71.2 Å². The molecule has 0 saturated carbocycles. The molecule has 1 aliphatic rings. The Morgan fingerprint density at radius 3 is 1.60 bits per heavy atom. The molecule has 0 radical (unpaired) electrons. The number of nitrogens with one attached hydrogen (secondary N) is 8. The fourth-order valence-corrected chi connectivity index (χ4v) is 9.38. The van der Waals surface area contributed by atoms with Crippen molar-refractivity contribution in [3.8, 4) is 0 Å². The monoisotopic (exact) mass is 1150 g/mol. The lowest BCUT2D eigenvalue weighted by Crippen LogP contribution is -2.61. The topological polar surface area (TPSA) is 475 Å². The van der Waals surface area contributed by atoms with Crippen molar-refractivity contribution in [1.29, 1.82) is 0 Å². The molecule has 27 nitrogen and oxygen atoms in total. The maximum absolute atomic E-state index is 14.4. The van der Waals surface area contributed by atoms with Crippen molar-refractivity contribution in [1.82, 2.24) is 42.5 Å². The molecule has 13 atom stereocenters. The molecule has 464 valence electrons. The molecular formula is C54H99N13O14. The third kappa shape index (κ3) is 27.4. The molecule has 8 amide bonds. The average molecular weight is 1150 g/mol. The predicted octanol–water partition coefficient (Wildman–Crippen LogP) is -3.69. The number of rotatable bonds is 31. The van der Waals surface area contributed by atoms with Crippen LogP contribution in [0, 0.1) is 23.7 Å². The fraction of sp³-hybridized carbons (Fsp3) is 0.796. The van der Waals surface area contributed by atoms with E-state index in [0.29, 0.717) is 6.42 Å². The molecular weight excluding hydrogens is 1050 g/mol. The summed E-state index contributed by atoms with van der Waals surface area (Å²) in [4.78, 5) is 153. The van der Waals surface area contributed by atoms with Crippen LogP contribution in [0.5, 0.6) is 0 Å². The standard InChI is InChI=1S/C54H99N13O14/c1-7-8-9-10-11-12-13-37(71)27-34(14-20-55)48(75)65-44(31(4)68)43(73)28-35(15-21-56)47(74)62-41-19-25-60-53(80)45(32(5)69)67-52(79)40(18-24-59)63-50(77)39(17-23-58)64-54(81)46(33(6)70)66-49(76)36(26-30(2)3)29-42(72)38(16-22-57)61-51(41)78/h30-36,38-41,44-46,68-70H,7-29,55-59H2,1-6H3,(H,60,80)(H,61,78)(H,62,74)(H,63,77)(H,64,81)(H,65,75)(H,66,76)(H,67,79)/t31-,32-,33-,34-,35+,36+,38+,39+,40+,41+,44+,45+,46+/m1/s1. The first kappa shape index (κ1) is 73.5. The van der Waals surface area contributed by atoms with Crippen LogP contribution in [-0.2, 0) is 52.7 Å². The van der Waals surface area contributed by atoms with Gasteiger partial charge in [0.05, 0.1) is 24.4 Å². The molecule has 0 aliphatic carbocycles. The second-order valence-corrected chi connectivity index (χ2v) is 21.7. The largest absolute Gasteiger partial charge is 0.391 e. The summed E-state index contributed by atoms with van der Waals surface area (Å²) in [6, 6.07) is -10.8. The highest BCUT2D eigenvalue weighted by atomic mass is 16.3. The molecule has 1 rings (SSSR count). The summed E-state index contributed by atoms with van der Waals surface area (Å²) in [5.41, 5.74) is 29.2. The zero-order valence-corrected chi connectivity index (χ0v) is 48.6.